The Hall–Kier alpha value is -4.15. The number of aliphatic imine (C=N–C) groups is 1. The fraction of sp³-hybridized carbons (Fsp3) is 0.343. The van der Waals surface area contributed by atoms with Crippen LogP contribution < -0.4 is 10.1 Å². The topological polar surface area (TPSA) is 99.8 Å². The second-order valence-corrected chi connectivity index (χ2v) is 11.4. The zero-order valence-electron chi connectivity index (χ0n) is 26.9. The molecule has 2 aromatic rings. The summed E-state index contributed by atoms with van der Waals surface area (Å²) in [5.41, 5.74) is -0.0878. The number of pyridine rings is 1. The number of allylic oxidation sites excluding steroid dienone is 5. The number of methoxy groups -OCH3 is 1. The lowest BCUT2D eigenvalue weighted by Crippen LogP contribution is -2.46. The van der Waals surface area contributed by atoms with Gasteiger partial charge in [0.2, 0.25) is 0 Å². The fourth-order valence-corrected chi connectivity index (χ4v) is 4.80. The zero-order chi connectivity index (χ0) is 34.3. The van der Waals surface area contributed by atoms with E-state index in [-0.39, 0.29) is 58.3 Å². The van der Waals surface area contributed by atoms with Gasteiger partial charge in [-0.15, -0.1) is 0 Å². The number of rotatable bonds is 14. The van der Waals surface area contributed by atoms with E-state index in [1.807, 2.05) is 13.8 Å². The van der Waals surface area contributed by atoms with Crippen molar-refractivity contribution in [2.45, 2.75) is 52.7 Å². The SMILES string of the molecule is C=C1C=C(C(=C)NCC(O)(c2cc(C)c(OCC)c(-c3cc(Cl)c(F)cc3F)n2)C(C)N=C/C(F)=C\C(C)CC)C=C(OC)C1=N. The molecule has 0 spiro atoms. The van der Waals surface area contributed by atoms with Crippen molar-refractivity contribution < 1.29 is 27.8 Å². The van der Waals surface area contributed by atoms with E-state index in [0.29, 0.717) is 28.5 Å². The first kappa shape index (κ1) is 36.3. The van der Waals surface area contributed by atoms with Gasteiger partial charge in [-0.2, -0.15) is 0 Å². The van der Waals surface area contributed by atoms with Crippen molar-refractivity contribution in [3.8, 4) is 17.0 Å². The molecule has 0 saturated heterocycles. The van der Waals surface area contributed by atoms with Crippen molar-refractivity contribution in [3.63, 3.8) is 0 Å². The van der Waals surface area contributed by atoms with Crippen molar-refractivity contribution >= 4 is 23.5 Å². The lowest BCUT2D eigenvalue weighted by Gasteiger charge is -2.33. The van der Waals surface area contributed by atoms with E-state index >= 15 is 4.39 Å². The summed E-state index contributed by atoms with van der Waals surface area (Å²) in [5.74, 6) is -1.95. The summed E-state index contributed by atoms with van der Waals surface area (Å²) in [6.45, 7) is 16.8. The number of nitrogens with one attached hydrogen (secondary N) is 2. The molecule has 3 unspecified atom stereocenters. The van der Waals surface area contributed by atoms with Gasteiger partial charge >= 0.3 is 0 Å². The van der Waals surface area contributed by atoms with Crippen LogP contribution in [0.2, 0.25) is 5.02 Å². The summed E-state index contributed by atoms with van der Waals surface area (Å²) < 4.78 is 55.1. The number of aromatic nitrogens is 1. The summed E-state index contributed by atoms with van der Waals surface area (Å²) in [6, 6.07) is 2.33. The second-order valence-electron chi connectivity index (χ2n) is 11.0. The van der Waals surface area contributed by atoms with Crippen LogP contribution in [0, 0.1) is 29.9 Å². The minimum Gasteiger partial charge on any atom is -0.494 e. The molecule has 0 amide bonds. The molecule has 3 N–H and O–H groups in total. The van der Waals surface area contributed by atoms with Crippen LogP contribution in [0.5, 0.6) is 5.75 Å². The summed E-state index contributed by atoms with van der Waals surface area (Å²) in [6.07, 6.45) is 6.48. The molecular weight excluding hydrogens is 617 g/mol. The van der Waals surface area contributed by atoms with Crippen LogP contribution in [0.25, 0.3) is 11.3 Å². The maximum absolute atomic E-state index is 15.2. The Bertz CT molecular complexity index is 1650. The molecule has 246 valence electrons. The molecule has 3 atom stereocenters. The second kappa shape index (κ2) is 15.4. The molecule has 3 rings (SSSR count). The first-order valence-electron chi connectivity index (χ1n) is 14.8. The molecule has 1 aromatic carbocycles. The van der Waals surface area contributed by atoms with E-state index in [2.05, 4.69) is 28.5 Å². The highest BCUT2D eigenvalue weighted by Crippen LogP contribution is 2.39. The molecule has 0 saturated carbocycles. The van der Waals surface area contributed by atoms with E-state index in [1.165, 1.54) is 13.2 Å². The molecule has 7 nitrogen and oxygen atoms in total. The summed E-state index contributed by atoms with van der Waals surface area (Å²) in [5, 5.41) is 23.3. The number of halogens is 4. The van der Waals surface area contributed by atoms with E-state index in [9.17, 15) is 13.9 Å². The van der Waals surface area contributed by atoms with Crippen LogP contribution in [0.1, 0.15) is 45.4 Å². The number of ether oxygens (including phenoxy) is 2. The Morgan fingerprint density at radius 2 is 1.91 bits per heavy atom. The molecule has 0 radical (unpaired) electrons. The minimum absolute atomic E-state index is 0.00926. The molecular formula is C35H40ClF3N4O3. The zero-order valence-corrected chi connectivity index (χ0v) is 27.7. The Balaban J connectivity index is 2.17. The number of nitrogens with zero attached hydrogens (tertiary/aromatic N) is 2. The number of aliphatic hydroxyl groups is 1. The van der Waals surface area contributed by atoms with E-state index < -0.39 is 29.1 Å². The lowest BCUT2D eigenvalue weighted by molar-refractivity contribution is 0.0148. The number of hydrogen-bond acceptors (Lipinski definition) is 7. The molecule has 0 bridgehead atoms. The fourth-order valence-electron chi connectivity index (χ4n) is 4.64. The highest BCUT2D eigenvalue weighted by Gasteiger charge is 2.39. The molecule has 0 fully saturated rings. The summed E-state index contributed by atoms with van der Waals surface area (Å²) in [7, 11) is 1.44. The van der Waals surface area contributed by atoms with Crippen molar-refractivity contribution in [2.75, 3.05) is 20.3 Å². The predicted octanol–water partition coefficient (Wildman–Crippen LogP) is 8.08. The van der Waals surface area contributed by atoms with Crippen LogP contribution in [0.15, 0.2) is 83.0 Å². The highest BCUT2D eigenvalue weighted by molar-refractivity contribution is 6.31. The van der Waals surface area contributed by atoms with Crippen molar-refractivity contribution in [3.05, 3.63) is 106 Å². The van der Waals surface area contributed by atoms with E-state index in [4.69, 9.17) is 26.5 Å². The monoisotopic (exact) mass is 656 g/mol. The standard InChI is InChI=1S/C35H40ClF3N4O3/c1-9-19(3)11-25(37)17-41-23(7)35(44,18-42-22(6)24-12-20(4)32(40)30(14-24)45-8)31-13-21(5)34(46-10-2)33(43-31)26-15-27(36)29(39)16-28(26)38/h11-17,19,23,40,42,44H,4,6,9-10,18H2,1-3,5,7-8H3/b25-11+,40-32?,41-17?. The van der Waals surface area contributed by atoms with Crippen LogP contribution in [0.3, 0.4) is 0 Å². The smallest absolute Gasteiger partial charge is 0.148 e. The van der Waals surface area contributed by atoms with Gasteiger partial charge in [-0.3, -0.25) is 10.4 Å². The third-order valence-corrected chi connectivity index (χ3v) is 7.97. The first-order valence-corrected chi connectivity index (χ1v) is 15.2. The lowest BCUT2D eigenvalue weighted by atomic mass is 9.89. The Morgan fingerprint density at radius 1 is 1.22 bits per heavy atom. The van der Waals surface area contributed by atoms with Gasteiger partial charge in [-0.1, -0.05) is 38.6 Å². The van der Waals surface area contributed by atoms with Gasteiger partial charge in [-0.05, 0) is 74.6 Å². The van der Waals surface area contributed by atoms with Crippen molar-refractivity contribution in [2.24, 2.45) is 10.9 Å². The molecule has 11 heteroatoms. The van der Waals surface area contributed by atoms with Crippen LogP contribution >= 0.6 is 11.6 Å². The van der Waals surface area contributed by atoms with Gasteiger partial charge in [-0.25, -0.2) is 18.2 Å². The third-order valence-electron chi connectivity index (χ3n) is 7.68. The average Bonchev–Trinajstić information content (AvgIpc) is 3.02. The summed E-state index contributed by atoms with van der Waals surface area (Å²) >= 11 is 6.02. The van der Waals surface area contributed by atoms with Gasteiger partial charge in [0.15, 0.2) is 0 Å². The number of benzene rings is 1. The number of hydrogen-bond donors (Lipinski definition) is 3. The predicted molar refractivity (Wildman–Crippen MR) is 178 cm³/mol. The van der Waals surface area contributed by atoms with Gasteiger partial charge in [0.25, 0.3) is 0 Å². The maximum Gasteiger partial charge on any atom is 0.148 e. The number of aryl methyl sites for hydroxylation is 1. The van der Waals surface area contributed by atoms with Gasteiger partial charge < -0.3 is 19.9 Å². The van der Waals surface area contributed by atoms with Crippen LogP contribution in [-0.2, 0) is 10.3 Å². The Morgan fingerprint density at radius 3 is 2.54 bits per heavy atom. The van der Waals surface area contributed by atoms with Gasteiger partial charge in [0.1, 0.15) is 46.0 Å². The third kappa shape index (κ3) is 8.16. The molecule has 1 aliphatic carbocycles. The van der Waals surface area contributed by atoms with E-state index in [1.54, 1.807) is 39.0 Å². The van der Waals surface area contributed by atoms with Crippen LogP contribution in [-0.4, -0.2) is 48.3 Å². The van der Waals surface area contributed by atoms with Crippen molar-refractivity contribution in [1.82, 2.24) is 10.3 Å². The maximum atomic E-state index is 15.2. The van der Waals surface area contributed by atoms with E-state index in [0.717, 1.165) is 18.7 Å². The molecule has 1 aliphatic rings. The minimum atomic E-state index is -1.94. The Kier molecular flexibility index (Phi) is 12.2. The quantitative estimate of drug-likeness (QED) is 0.141. The van der Waals surface area contributed by atoms with Crippen LogP contribution in [0.4, 0.5) is 13.2 Å². The molecule has 0 aliphatic heterocycles. The first-order chi connectivity index (χ1) is 21.7. The average molecular weight is 657 g/mol. The van der Waals surface area contributed by atoms with Gasteiger partial charge in [0, 0.05) is 22.9 Å². The summed E-state index contributed by atoms with van der Waals surface area (Å²) in [4.78, 5) is 8.98. The highest BCUT2D eigenvalue weighted by atomic mass is 35.5. The largest absolute Gasteiger partial charge is 0.494 e. The molecule has 46 heavy (non-hydrogen) atoms. The van der Waals surface area contributed by atoms with Crippen molar-refractivity contribution in [1.29, 1.82) is 5.41 Å². The Labute approximate surface area is 273 Å². The molecule has 1 heterocycles. The normalized spacial score (nSPS) is 16.5. The molecule has 1 aromatic heterocycles. The van der Waals surface area contributed by atoms with Gasteiger partial charge in [0.05, 0.1) is 43.2 Å².